The van der Waals surface area contributed by atoms with Crippen molar-refractivity contribution in [2.24, 2.45) is 0 Å². The van der Waals surface area contributed by atoms with Gasteiger partial charge in [-0.15, -0.1) is 0 Å². The van der Waals surface area contributed by atoms with E-state index < -0.39 is 23.3 Å². The summed E-state index contributed by atoms with van der Waals surface area (Å²) in [5.74, 6) is -2.98. The minimum Gasteiger partial charge on any atom is -0.505 e. The summed E-state index contributed by atoms with van der Waals surface area (Å²) < 4.78 is 29.3. The highest BCUT2D eigenvalue weighted by Crippen LogP contribution is 2.33. The molecule has 5 nitrogen and oxygen atoms in total. The third kappa shape index (κ3) is 2.81. The Labute approximate surface area is 147 Å². The van der Waals surface area contributed by atoms with Crippen LogP contribution in [0.5, 0.6) is 5.75 Å². The normalized spacial score (nSPS) is 10.9. The van der Waals surface area contributed by atoms with Gasteiger partial charge in [0, 0.05) is 23.7 Å². The number of hydrogen-bond acceptors (Lipinski definition) is 3. The number of nitrogens with zero attached hydrogens (tertiary/aromatic N) is 1. The van der Waals surface area contributed by atoms with Gasteiger partial charge in [-0.25, -0.2) is 8.78 Å². The van der Waals surface area contributed by atoms with E-state index >= 15 is 0 Å². The van der Waals surface area contributed by atoms with Crippen LogP contribution in [-0.4, -0.2) is 28.5 Å². The van der Waals surface area contributed by atoms with Gasteiger partial charge in [-0.3, -0.25) is 14.2 Å². The molecule has 1 aromatic heterocycles. The van der Waals surface area contributed by atoms with Crippen LogP contribution in [0.25, 0.3) is 10.9 Å². The maximum atomic E-state index is 14.6. The average Bonchev–Trinajstić information content (AvgIpc) is 2.90. The van der Waals surface area contributed by atoms with Gasteiger partial charge in [-0.05, 0) is 42.8 Å². The number of rotatable bonds is 3. The van der Waals surface area contributed by atoms with Crippen LogP contribution in [0, 0.1) is 18.6 Å². The van der Waals surface area contributed by atoms with E-state index in [0.29, 0.717) is 5.69 Å². The molecule has 3 rings (SSSR count). The summed E-state index contributed by atoms with van der Waals surface area (Å²) in [7, 11) is 1.45. The monoisotopic (exact) mass is 358 g/mol. The van der Waals surface area contributed by atoms with Gasteiger partial charge in [0.1, 0.15) is 5.82 Å². The molecule has 26 heavy (non-hydrogen) atoms. The Morgan fingerprint density at radius 1 is 1.19 bits per heavy atom. The number of benzene rings is 2. The summed E-state index contributed by atoms with van der Waals surface area (Å²) >= 11 is 0. The molecule has 1 heterocycles. The molecule has 0 aliphatic heterocycles. The fourth-order valence-corrected chi connectivity index (χ4v) is 3.00. The highest BCUT2D eigenvalue weighted by atomic mass is 19.1. The van der Waals surface area contributed by atoms with Gasteiger partial charge in [-0.1, -0.05) is 6.07 Å². The number of halogens is 2. The summed E-state index contributed by atoms with van der Waals surface area (Å²) in [5.41, 5.74) is 0.927. The molecule has 0 fully saturated rings. The zero-order chi connectivity index (χ0) is 19.0. The fraction of sp³-hybridized carbons (Fsp3) is 0.158. The number of phenolic OH excluding ortho intramolecular Hbond substituents is 1. The number of aromatic nitrogens is 1. The third-order valence-corrected chi connectivity index (χ3v) is 4.31. The van der Waals surface area contributed by atoms with Crippen LogP contribution in [0.4, 0.5) is 8.78 Å². The van der Waals surface area contributed by atoms with E-state index in [0.717, 1.165) is 12.1 Å². The zero-order valence-electron chi connectivity index (χ0n) is 14.1. The maximum Gasteiger partial charge on any atom is 0.262 e. The topological polar surface area (TPSA) is 71.3 Å². The molecular weight excluding hydrogens is 342 g/mol. The molecule has 7 heteroatoms. The molecule has 0 aliphatic carbocycles. The highest BCUT2D eigenvalue weighted by Gasteiger charge is 2.24. The molecule has 2 N–H and O–H groups in total. The lowest BCUT2D eigenvalue weighted by Crippen LogP contribution is -2.21. The second-order valence-corrected chi connectivity index (χ2v) is 5.86. The summed E-state index contributed by atoms with van der Waals surface area (Å²) in [5, 5.41) is 12.2. The van der Waals surface area contributed by atoms with Crippen molar-refractivity contribution in [3.05, 3.63) is 64.9 Å². The van der Waals surface area contributed by atoms with Crippen LogP contribution in [0.15, 0.2) is 36.4 Å². The van der Waals surface area contributed by atoms with Crippen molar-refractivity contribution in [1.82, 2.24) is 9.88 Å². The number of aromatic hydroxyl groups is 1. The first-order chi connectivity index (χ1) is 12.3. The van der Waals surface area contributed by atoms with Gasteiger partial charge >= 0.3 is 0 Å². The Kier molecular flexibility index (Phi) is 4.46. The van der Waals surface area contributed by atoms with Crippen LogP contribution in [0.1, 0.15) is 21.6 Å². The van der Waals surface area contributed by atoms with E-state index in [1.807, 2.05) is 0 Å². The van der Waals surface area contributed by atoms with Crippen LogP contribution in [0.2, 0.25) is 0 Å². The summed E-state index contributed by atoms with van der Waals surface area (Å²) in [4.78, 5) is 24.7. The van der Waals surface area contributed by atoms with E-state index in [2.05, 4.69) is 5.32 Å². The molecule has 0 spiro atoms. The molecule has 134 valence electrons. The third-order valence-electron chi connectivity index (χ3n) is 4.31. The zero-order valence-corrected chi connectivity index (χ0v) is 14.1. The second-order valence-electron chi connectivity index (χ2n) is 5.86. The predicted octanol–water partition coefficient (Wildman–Crippen LogP) is 2.91. The number of carbonyl (C=O) groups is 2. The number of hydrogen-bond donors (Lipinski definition) is 2. The molecule has 0 bridgehead atoms. The lowest BCUT2D eigenvalue weighted by molar-refractivity contribution is -0.119. The molecule has 2 aromatic carbocycles. The number of likely N-dealkylation sites (N-methyl/N-ethyl adjacent to an activating group) is 1. The molecule has 0 saturated heterocycles. The Morgan fingerprint density at radius 3 is 2.58 bits per heavy atom. The van der Waals surface area contributed by atoms with Gasteiger partial charge in [-0.2, -0.15) is 0 Å². The SMILES string of the molecule is CNC(=O)Cc1c(C)n(C(=O)c2cccc(F)c2)c2ccc(O)c(F)c12. The minimum atomic E-state index is -0.907. The quantitative estimate of drug-likeness (QED) is 0.756. The van der Waals surface area contributed by atoms with E-state index in [1.54, 1.807) is 6.92 Å². The first kappa shape index (κ1) is 17.6. The largest absolute Gasteiger partial charge is 0.505 e. The van der Waals surface area contributed by atoms with Crippen molar-refractivity contribution in [2.75, 3.05) is 7.05 Å². The van der Waals surface area contributed by atoms with Crippen molar-refractivity contribution in [3.8, 4) is 5.75 Å². The number of carbonyl (C=O) groups excluding carboxylic acids is 2. The van der Waals surface area contributed by atoms with Crippen molar-refractivity contribution in [2.45, 2.75) is 13.3 Å². The standard InChI is InChI=1S/C19H16F2N2O3/c1-10-13(9-16(25)22-2)17-14(6-7-15(24)18(17)21)23(10)19(26)11-4-3-5-12(20)8-11/h3-8,24H,9H2,1-2H3,(H,22,25). The van der Waals surface area contributed by atoms with E-state index in [4.69, 9.17) is 0 Å². The summed E-state index contributed by atoms with van der Waals surface area (Å²) in [6, 6.07) is 7.68. The number of nitrogens with one attached hydrogen (secondary N) is 1. The van der Waals surface area contributed by atoms with Gasteiger partial charge in [0.05, 0.1) is 11.9 Å². The first-order valence-electron chi connectivity index (χ1n) is 7.87. The molecule has 0 atom stereocenters. The number of fused-ring (bicyclic) bond motifs is 1. The summed E-state index contributed by atoms with van der Waals surface area (Å²) in [6.45, 7) is 1.58. The van der Waals surface area contributed by atoms with E-state index in [-0.39, 0.29) is 34.4 Å². The van der Waals surface area contributed by atoms with E-state index in [1.165, 1.54) is 35.9 Å². The second kappa shape index (κ2) is 6.59. The molecule has 0 aliphatic rings. The van der Waals surface area contributed by atoms with Crippen LogP contribution < -0.4 is 5.32 Å². The first-order valence-corrected chi connectivity index (χ1v) is 7.87. The maximum absolute atomic E-state index is 14.6. The Morgan fingerprint density at radius 2 is 1.92 bits per heavy atom. The van der Waals surface area contributed by atoms with Crippen LogP contribution in [0.3, 0.4) is 0 Å². The molecule has 0 saturated carbocycles. The number of amides is 1. The molecule has 1 amide bonds. The lowest BCUT2D eigenvalue weighted by atomic mass is 10.1. The van der Waals surface area contributed by atoms with Crippen LogP contribution >= 0.6 is 0 Å². The summed E-state index contributed by atoms with van der Waals surface area (Å²) in [6.07, 6.45) is -0.164. The van der Waals surface area contributed by atoms with E-state index in [9.17, 15) is 23.5 Å². The fourth-order valence-electron chi connectivity index (χ4n) is 3.00. The van der Waals surface area contributed by atoms with Crippen LogP contribution in [-0.2, 0) is 11.2 Å². The molecule has 0 unspecified atom stereocenters. The van der Waals surface area contributed by atoms with Crippen molar-refractivity contribution < 1.29 is 23.5 Å². The van der Waals surface area contributed by atoms with Crippen molar-refractivity contribution in [3.63, 3.8) is 0 Å². The smallest absolute Gasteiger partial charge is 0.262 e. The Hall–Kier alpha value is -3.22. The highest BCUT2D eigenvalue weighted by molar-refractivity contribution is 6.05. The van der Waals surface area contributed by atoms with Gasteiger partial charge in [0.25, 0.3) is 5.91 Å². The molecular formula is C19H16F2N2O3. The van der Waals surface area contributed by atoms with Gasteiger partial charge in [0.2, 0.25) is 5.91 Å². The number of phenols is 1. The lowest BCUT2D eigenvalue weighted by Gasteiger charge is -2.08. The molecule has 0 radical (unpaired) electrons. The van der Waals surface area contributed by atoms with Crippen molar-refractivity contribution >= 4 is 22.7 Å². The predicted molar refractivity (Wildman–Crippen MR) is 92.2 cm³/mol. The Bertz CT molecular complexity index is 1040. The van der Waals surface area contributed by atoms with Gasteiger partial charge < -0.3 is 10.4 Å². The average molecular weight is 358 g/mol. The van der Waals surface area contributed by atoms with Crippen molar-refractivity contribution in [1.29, 1.82) is 0 Å². The molecule has 3 aromatic rings. The minimum absolute atomic E-state index is 0.00384. The Balaban J connectivity index is 2.29. The van der Waals surface area contributed by atoms with Gasteiger partial charge in [0.15, 0.2) is 11.6 Å².